The van der Waals surface area contributed by atoms with Gasteiger partial charge in [-0.25, -0.2) is 0 Å². The minimum Gasteiger partial charge on any atom is -0.352 e. The molecule has 106 valence electrons. The number of rotatable bonds is 7. The van der Waals surface area contributed by atoms with Crippen molar-refractivity contribution in [3.63, 3.8) is 0 Å². The summed E-state index contributed by atoms with van der Waals surface area (Å²) in [6.07, 6.45) is 2.54. The molecule has 0 aromatic carbocycles. The molecule has 1 rings (SSSR count). The first-order valence-corrected chi connectivity index (χ1v) is 6.23. The number of carbonyl (C=O) groups excluding carboxylic acids is 2. The van der Waals surface area contributed by atoms with Gasteiger partial charge in [-0.3, -0.25) is 9.59 Å². The Labute approximate surface area is 115 Å². The van der Waals surface area contributed by atoms with Gasteiger partial charge in [0.2, 0.25) is 11.8 Å². The molecule has 0 aliphatic heterocycles. The highest BCUT2D eigenvalue weighted by Gasteiger charge is 2.21. The molecule has 0 aromatic heterocycles. The van der Waals surface area contributed by atoms with Crippen LogP contribution in [0.3, 0.4) is 0 Å². The lowest BCUT2D eigenvalue weighted by Gasteiger charge is -2.18. The van der Waals surface area contributed by atoms with Crippen LogP contribution >= 0.6 is 12.4 Å². The summed E-state index contributed by atoms with van der Waals surface area (Å²) in [5.41, 5.74) is 0. The third-order valence-electron chi connectivity index (χ3n) is 2.66. The molecule has 1 aliphatic rings. The van der Waals surface area contributed by atoms with Crippen LogP contribution in [0.2, 0.25) is 0 Å². The molecule has 0 heterocycles. The van der Waals surface area contributed by atoms with Crippen molar-refractivity contribution in [2.45, 2.75) is 32.7 Å². The van der Waals surface area contributed by atoms with E-state index in [4.69, 9.17) is 0 Å². The maximum Gasteiger partial charge on any atom is 0.239 e. The number of halogens is 1. The van der Waals surface area contributed by atoms with Gasteiger partial charge in [-0.1, -0.05) is 0 Å². The van der Waals surface area contributed by atoms with Crippen molar-refractivity contribution in [2.24, 2.45) is 5.92 Å². The van der Waals surface area contributed by atoms with Crippen molar-refractivity contribution in [3.05, 3.63) is 0 Å². The lowest BCUT2D eigenvalue weighted by Crippen LogP contribution is -2.43. The van der Waals surface area contributed by atoms with Crippen molar-refractivity contribution in [1.29, 1.82) is 0 Å². The van der Waals surface area contributed by atoms with E-state index in [0.717, 1.165) is 12.5 Å². The highest BCUT2D eigenvalue weighted by atomic mass is 35.5. The van der Waals surface area contributed by atoms with Gasteiger partial charge >= 0.3 is 0 Å². The molecule has 18 heavy (non-hydrogen) atoms. The molecule has 5 nitrogen and oxygen atoms in total. The van der Waals surface area contributed by atoms with Gasteiger partial charge in [0.1, 0.15) is 0 Å². The summed E-state index contributed by atoms with van der Waals surface area (Å²) in [6.45, 7) is 5.16. The van der Waals surface area contributed by atoms with Crippen LogP contribution in [0.4, 0.5) is 0 Å². The molecule has 6 heteroatoms. The predicted molar refractivity (Wildman–Crippen MR) is 73.8 cm³/mol. The average Bonchev–Trinajstić information content (AvgIpc) is 2.99. The van der Waals surface area contributed by atoms with Gasteiger partial charge in [0.05, 0.1) is 13.1 Å². The van der Waals surface area contributed by atoms with E-state index in [1.54, 1.807) is 7.05 Å². The predicted octanol–water partition coefficient (Wildman–Crippen LogP) is 0.391. The highest BCUT2D eigenvalue weighted by molar-refractivity contribution is 5.85. The lowest BCUT2D eigenvalue weighted by molar-refractivity contribution is -0.134. The third-order valence-corrected chi connectivity index (χ3v) is 2.66. The molecule has 0 aromatic rings. The molecule has 2 N–H and O–H groups in total. The number of likely N-dealkylation sites (N-methyl/N-ethyl adjacent to an activating group) is 1. The fraction of sp³-hybridized carbons (Fsp3) is 0.833. The fourth-order valence-electron chi connectivity index (χ4n) is 1.51. The summed E-state index contributed by atoms with van der Waals surface area (Å²) in [7, 11) is 1.65. The molecule has 1 aliphatic carbocycles. The maximum absolute atomic E-state index is 11.6. The topological polar surface area (TPSA) is 61.4 Å². The summed E-state index contributed by atoms with van der Waals surface area (Å²) in [4.78, 5) is 24.5. The Morgan fingerprint density at radius 1 is 1.33 bits per heavy atom. The molecule has 0 atom stereocenters. The number of carbonyl (C=O) groups is 2. The Bertz CT molecular complexity index is 280. The van der Waals surface area contributed by atoms with Crippen molar-refractivity contribution in [1.82, 2.24) is 15.5 Å². The summed E-state index contributed by atoms with van der Waals surface area (Å²) in [6, 6.07) is 0.110. The summed E-state index contributed by atoms with van der Waals surface area (Å²) in [5.74, 6) is 0.611. The van der Waals surface area contributed by atoms with E-state index in [9.17, 15) is 9.59 Å². The smallest absolute Gasteiger partial charge is 0.239 e. The monoisotopic (exact) mass is 277 g/mol. The minimum absolute atomic E-state index is 0. The van der Waals surface area contributed by atoms with Crippen molar-refractivity contribution < 1.29 is 9.59 Å². The van der Waals surface area contributed by atoms with Crippen LogP contribution in [0.15, 0.2) is 0 Å². The lowest BCUT2D eigenvalue weighted by atomic mass is 10.3. The van der Waals surface area contributed by atoms with Gasteiger partial charge in [0.15, 0.2) is 0 Å². The van der Waals surface area contributed by atoms with Crippen LogP contribution in [-0.2, 0) is 9.59 Å². The number of nitrogens with one attached hydrogen (secondary N) is 2. The number of amides is 2. The van der Waals surface area contributed by atoms with Crippen molar-refractivity contribution >= 4 is 24.2 Å². The Balaban J connectivity index is 0.00000289. The van der Waals surface area contributed by atoms with Crippen LogP contribution in [0, 0.1) is 5.92 Å². The van der Waals surface area contributed by atoms with Crippen LogP contribution in [0.1, 0.15) is 26.7 Å². The first-order valence-electron chi connectivity index (χ1n) is 6.23. The molecule has 0 spiro atoms. The Kier molecular flexibility index (Phi) is 7.95. The Hall–Kier alpha value is -0.810. The zero-order valence-corrected chi connectivity index (χ0v) is 12.2. The number of hydrogen-bond donors (Lipinski definition) is 2. The molecule has 0 radical (unpaired) electrons. The second-order valence-corrected chi connectivity index (χ2v) is 5.05. The van der Waals surface area contributed by atoms with Crippen molar-refractivity contribution in [2.75, 3.05) is 26.7 Å². The van der Waals surface area contributed by atoms with Crippen LogP contribution in [-0.4, -0.2) is 49.4 Å². The van der Waals surface area contributed by atoms with Crippen LogP contribution in [0.5, 0.6) is 0 Å². The van der Waals surface area contributed by atoms with Gasteiger partial charge in [-0.05, 0) is 39.2 Å². The zero-order chi connectivity index (χ0) is 12.8. The molecule has 1 fully saturated rings. The third kappa shape index (κ3) is 7.50. The van der Waals surface area contributed by atoms with E-state index < -0.39 is 0 Å². The molecule has 2 amide bonds. The summed E-state index contributed by atoms with van der Waals surface area (Å²) < 4.78 is 0. The van der Waals surface area contributed by atoms with Gasteiger partial charge in [-0.2, -0.15) is 0 Å². The van der Waals surface area contributed by atoms with E-state index in [1.807, 2.05) is 13.8 Å². The van der Waals surface area contributed by atoms with Crippen LogP contribution in [0.25, 0.3) is 0 Å². The molecular formula is C12H24ClN3O2. The summed E-state index contributed by atoms with van der Waals surface area (Å²) in [5, 5.41) is 5.88. The second kappa shape index (κ2) is 8.32. The molecule has 0 saturated heterocycles. The molecule has 1 saturated carbocycles. The van der Waals surface area contributed by atoms with Crippen LogP contribution < -0.4 is 10.6 Å². The zero-order valence-electron chi connectivity index (χ0n) is 11.4. The van der Waals surface area contributed by atoms with E-state index >= 15 is 0 Å². The normalized spacial score (nSPS) is 14.0. The number of nitrogens with zero attached hydrogens (tertiary/aromatic N) is 1. The molecule has 0 bridgehead atoms. The van der Waals surface area contributed by atoms with Gasteiger partial charge in [0.25, 0.3) is 0 Å². The van der Waals surface area contributed by atoms with Gasteiger partial charge in [0, 0.05) is 13.1 Å². The van der Waals surface area contributed by atoms with E-state index in [-0.39, 0.29) is 36.8 Å². The maximum atomic E-state index is 11.6. The highest BCUT2D eigenvalue weighted by Crippen LogP contribution is 2.27. The Morgan fingerprint density at radius 2 is 1.94 bits per heavy atom. The Morgan fingerprint density at radius 3 is 2.44 bits per heavy atom. The standard InChI is InChI=1S/C12H23N3O2.ClH/c1-9(2)14-11(16)8-15(3)12(17)7-13-6-10-4-5-10;/h9-10,13H,4-8H2,1-3H3,(H,14,16);1H. The van der Waals surface area contributed by atoms with Gasteiger partial charge < -0.3 is 15.5 Å². The first kappa shape index (κ1) is 17.2. The molecule has 0 unspecified atom stereocenters. The van der Waals surface area contributed by atoms with E-state index in [2.05, 4.69) is 10.6 Å². The largest absolute Gasteiger partial charge is 0.352 e. The van der Waals surface area contributed by atoms with Gasteiger partial charge in [-0.15, -0.1) is 12.4 Å². The van der Waals surface area contributed by atoms with Crippen molar-refractivity contribution in [3.8, 4) is 0 Å². The van der Waals surface area contributed by atoms with E-state index in [0.29, 0.717) is 6.54 Å². The quantitative estimate of drug-likeness (QED) is 0.708. The first-order chi connectivity index (χ1) is 7.99. The average molecular weight is 278 g/mol. The number of hydrogen-bond acceptors (Lipinski definition) is 3. The SMILES string of the molecule is CC(C)NC(=O)CN(C)C(=O)CNCC1CC1.Cl. The van der Waals surface area contributed by atoms with E-state index in [1.165, 1.54) is 17.7 Å². The second-order valence-electron chi connectivity index (χ2n) is 5.05. The minimum atomic E-state index is -0.113. The fourth-order valence-corrected chi connectivity index (χ4v) is 1.51. The molecular weight excluding hydrogens is 254 g/mol. The summed E-state index contributed by atoms with van der Waals surface area (Å²) >= 11 is 0.